The molecule has 1 amide bonds. The summed E-state index contributed by atoms with van der Waals surface area (Å²) in [4.78, 5) is 12.4. The van der Waals surface area contributed by atoms with Crippen molar-refractivity contribution in [2.24, 2.45) is 0 Å². The fourth-order valence-corrected chi connectivity index (χ4v) is 3.68. The molecule has 1 heterocycles. The van der Waals surface area contributed by atoms with Crippen LogP contribution in [0, 0.1) is 0 Å². The molecule has 0 atom stereocenters. The number of nitrogens with two attached hydrogens (primary N) is 1. The summed E-state index contributed by atoms with van der Waals surface area (Å²) >= 11 is 5.96. The molecule has 4 nitrogen and oxygen atoms in total. The molecule has 0 radical (unpaired) electrons. The van der Waals surface area contributed by atoms with Gasteiger partial charge in [0.2, 0.25) is 0 Å². The molecule has 116 valence electrons. The first kappa shape index (κ1) is 16.1. The lowest BCUT2D eigenvalue weighted by atomic mass is 9.79. The average molecular weight is 310 g/mol. The zero-order valence-electron chi connectivity index (χ0n) is 13.1. The summed E-state index contributed by atoms with van der Waals surface area (Å²) in [7, 11) is 0. The zero-order chi connectivity index (χ0) is 15.8. The molecule has 0 aromatic heterocycles. The maximum atomic E-state index is 12.4. The van der Waals surface area contributed by atoms with Crippen molar-refractivity contribution in [1.82, 2.24) is 10.6 Å². The Morgan fingerprint density at radius 3 is 2.33 bits per heavy atom. The van der Waals surface area contributed by atoms with Gasteiger partial charge < -0.3 is 16.4 Å². The quantitative estimate of drug-likeness (QED) is 0.736. The van der Waals surface area contributed by atoms with Gasteiger partial charge in [-0.15, -0.1) is 0 Å². The first-order valence-electron chi connectivity index (χ1n) is 7.23. The summed E-state index contributed by atoms with van der Waals surface area (Å²) in [6, 6.07) is 5.06. The van der Waals surface area contributed by atoms with Crippen molar-refractivity contribution >= 4 is 23.2 Å². The maximum Gasteiger partial charge on any atom is 0.251 e. The Bertz CT molecular complexity index is 518. The van der Waals surface area contributed by atoms with E-state index < -0.39 is 0 Å². The number of nitrogen functional groups attached to an aromatic ring is 1. The van der Waals surface area contributed by atoms with Crippen LogP contribution in [0.3, 0.4) is 0 Å². The molecule has 1 aromatic rings. The van der Waals surface area contributed by atoms with Gasteiger partial charge in [0, 0.05) is 33.4 Å². The van der Waals surface area contributed by atoms with E-state index in [1.165, 1.54) is 0 Å². The fourth-order valence-electron chi connectivity index (χ4n) is 3.44. The Hall–Kier alpha value is -1.26. The van der Waals surface area contributed by atoms with E-state index in [1.807, 2.05) is 0 Å². The van der Waals surface area contributed by atoms with Crippen molar-refractivity contribution in [2.75, 3.05) is 5.73 Å². The van der Waals surface area contributed by atoms with Gasteiger partial charge in [-0.2, -0.15) is 0 Å². The Labute approximate surface area is 131 Å². The number of hydrogen-bond acceptors (Lipinski definition) is 3. The van der Waals surface area contributed by atoms with Gasteiger partial charge in [0.15, 0.2) is 0 Å². The van der Waals surface area contributed by atoms with E-state index in [9.17, 15) is 4.79 Å². The fraction of sp³-hybridized carbons (Fsp3) is 0.562. The third-order valence-electron chi connectivity index (χ3n) is 3.71. The summed E-state index contributed by atoms with van der Waals surface area (Å²) in [6.07, 6.45) is 1.77. The van der Waals surface area contributed by atoms with Crippen LogP contribution >= 0.6 is 11.6 Å². The number of hydrogen-bond donors (Lipinski definition) is 3. The highest BCUT2D eigenvalue weighted by atomic mass is 35.5. The van der Waals surface area contributed by atoms with Crippen molar-refractivity contribution in [2.45, 2.75) is 57.7 Å². The molecule has 0 spiro atoms. The van der Waals surface area contributed by atoms with Gasteiger partial charge in [-0.05, 0) is 58.7 Å². The van der Waals surface area contributed by atoms with E-state index in [1.54, 1.807) is 18.2 Å². The van der Waals surface area contributed by atoms with Gasteiger partial charge >= 0.3 is 0 Å². The number of carbonyl (C=O) groups is 1. The van der Waals surface area contributed by atoms with Crippen molar-refractivity contribution in [1.29, 1.82) is 0 Å². The monoisotopic (exact) mass is 309 g/mol. The number of anilines is 1. The molecule has 0 saturated carbocycles. The minimum absolute atomic E-state index is 0.00689. The standard InChI is InChI=1S/C16H24ClN3O/c1-15(2)8-13(9-16(3,4)20-15)19-14(21)10-5-11(17)7-12(18)6-10/h5-7,13,20H,8-9,18H2,1-4H3,(H,19,21). The van der Waals surface area contributed by atoms with E-state index >= 15 is 0 Å². The van der Waals surface area contributed by atoms with Crippen LogP contribution in [0.2, 0.25) is 5.02 Å². The SMILES string of the molecule is CC1(C)CC(NC(=O)c2cc(N)cc(Cl)c2)CC(C)(C)N1. The number of piperidine rings is 1. The lowest BCUT2D eigenvalue weighted by Crippen LogP contribution is -2.62. The highest BCUT2D eigenvalue weighted by Gasteiger charge is 2.38. The van der Waals surface area contributed by atoms with Crippen LogP contribution in [0.15, 0.2) is 18.2 Å². The molecule has 4 N–H and O–H groups in total. The molecule has 21 heavy (non-hydrogen) atoms. The van der Waals surface area contributed by atoms with Crippen LogP contribution < -0.4 is 16.4 Å². The maximum absolute atomic E-state index is 12.4. The number of rotatable bonds is 2. The predicted octanol–water partition coefficient (Wildman–Crippen LogP) is 2.96. The number of halogens is 1. The number of nitrogens with one attached hydrogen (secondary N) is 2. The third kappa shape index (κ3) is 4.35. The Kier molecular flexibility index (Phi) is 4.22. The van der Waals surface area contributed by atoms with E-state index in [-0.39, 0.29) is 23.0 Å². The van der Waals surface area contributed by atoms with Gasteiger partial charge in [-0.1, -0.05) is 11.6 Å². The highest BCUT2D eigenvalue weighted by Crippen LogP contribution is 2.28. The number of amides is 1. The van der Waals surface area contributed by atoms with Gasteiger partial charge in [0.25, 0.3) is 5.91 Å². The van der Waals surface area contributed by atoms with Crippen LogP contribution in [-0.4, -0.2) is 23.0 Å². The van der Waals surface area contributed by atoms with E-state index in [2.05, 4.69) is 38.3 Å². The van der Waals surface area contributed by atoms with Crippen LogP contribution in [0.5, 0.6) is 0 Å². The van der Waals surface area contributed by atoms with Crippen molar-refractivity contribution < 1.29 is 4.79 Å². The zero-order valence-corrected chi connectivity index (χ0v) is 13.8. The number of benzene rings is 1. The molecular weight excluding hydrogens is 286 g/mol. The van der Waals surface area contributed by atoms with E-state index in [0.29, 0.717) is 16.3 Å². The minimum Gasteiger partial charge on any atom is -0.399 e. The van der Waals surface area contributed by atoms with Crippen LogP contribution in [0.1, 0.15) is 50.9 Å². The lowest BCUT2D eigenvalue weighted by molar-refractivity contribution is 0.0873. The molecule has 1 saturated heterocycles. The molecule has 0 unspecified atom stereocenters. The Balaban J connectivity index is 2.12. The van der Waals surface area contributed by atoms with Crippen LogP contribution in [0.4, 0.5) is 5.69 Å². The molecule has 0 aliphatic carbocycles. The summed E-state index contributed by atoms with van der Waals surface area (Å²) in [5.41, 5.74) is 6.74. The molecule has 1 aliphatic rings. The summed E-state index contributed by atoms with van der Waals surface area (Å²) < 4.78 is 0. The smallest absolute Gasteiger partial charge is 0.251 e. The van der Waals surface area contributed by atoms with Crippen LogP contribution in [0.25, 0.3) is 0 Å². The first-order chi connectivity index (χ1) is 9.56. The molecule has 0 bridgehead atoms. The number of carbonyl (C=O) groups excluding carboxylic acids is 1. The molecule has 1 aromatic carbocycles. The Morgan fingerprint density at radius 2 is 1.81 bits per heavy atom. The molecular formula is C16H24ClN3O. The predicted molar refractivity (Wildman–Crippen MR) is 87.6 cm³/mol. The van der Waals surface area contributed by atoms with Gasteiger partial charge in [-0.25, -0.2) is 0 Å². The van der Waals surface area contributed by atoms with E-state index in [0.717, 1.165) is 12.8 Å². The van der Waals surface area contributed by atoms with Crippen molar-refractivity contribution in [3.63, 3.8) is 0 Å². The lowest BCUT2D eigenvalue weighted by Gasteiger charge is -2.46. The van der Waals surface area contributed by atoms with Gasteiger partial charge in [-0.3, -0.25) is 4.79 Å². The highest BCUT2D eigenvalue weighted by molar-refractivity contribution is 6.31. The van der Waals surface area contributed by atoms with Gasteiger partial charge in [0.05, 0.1) is 0 Å². The molecule has 1 aliphatic heterocycles. The minimum atomic E-state index is -0.122. The third-order valence-corrected chi connectivity index (χ3v) is 3.93. The summed E-state index contributed by atoms with van der Waals surface area (Å²) in [6.45, 7) is 8.63. The van der Waals surface area contributed by atoms with E-state index in [4.69, 9.17) is 17.3 Å². The largest absolute Gasteiger partial charge is 0.399 e. The second kappa shape index (κ2) is 5.50. The molecule has 5 heteroatoms. The molecule has 2 rings (SSSR count). The van der Waals surface area contributed by atoms with Crippen LogP contribution in [-0.2, 0) is 0 Å². The van der Waals surface area contributed by atoms with Gasteiger partial charge in [0.1, 0.15) is 0 Å². The first-order valence-corrected chi connectivity index (χ1v) is 7.60. The topological polar surface area (TPSA) is 67.2 Å². The average Bonchev–Trinajstić information content (AvgIpc) is 2.22. The second-order valence-corrected chi connectivity index (χ2v) is 7.68. The van der Waals surface area contributed by atoms with Crippen molar-refractivity contribution in [3.8, 4) is 0 Å². The summed E-state index contributed by atoms with van der Waals surface area (Å²) in [5.74, 6) is -0.122. The normalized spacial score (nSPS) is 21.0. The summed E-state index contributed by atoms with van der Waals surface area (Å²) in [5, 5.41) is 7.19. The Morgan fingerprint density at radius 1 is 1.24 bits per heavy atom. The second-order valence-electron chi connectivity index (χ2n) is 7.24. The van der Waals surface area contributed by atoms with Crippen molar-refractivity contribution in [3.05, 3.63) is 28.8 Å². The molecule has 1 fully saturated rings.